The first-order valence-electron chi connectivity index (χ1n) is 11.4. The number of rotatable bonds is 6. The summed E-state index contributed by atoms with van der Waals surface area (Å²) in [6.45, 7) is 3.43. The van der Waals surface area contributed by atoms with Crippen molar-refractivity contribution in [2.75, 3.05) is 0 Å². The average Bonchev–Trinajstić information content (AvgIpc) is 3.13. The van der Waals surface area contributed by atoms with Crippen LogP contribution < -0.4 is 10.6 Å². The summed E-state index contributed by atoms with van der Waals surface area (Å²) in [5.41, 5.74) is 0.203. The molecule has 4 heterocycles. The molecule has 0 radical (unpaired) electrons. The fraction of sp³-hybridized carbons (Fsp3) is 0.292. The van der Waals surface area contributed by atoms with E-state index in [4.69, 9.17) is 0 Å². The minimum atomic E-state index is -1.36. The van der Waals surface area contributed by atoms with Crippen LogP contribution in [0.15, 0.2) is 42.6 Å². The van der Waals surface area contributed by atoms with E-state index in [1.807, 2.05) is 0 Å². The summed E-state index contributed by atoms with van der Waals surface area (Å²) in [5.74, 6) is -4.11. The average molecular weight is 539 g/mol. The number of nitrogens with one attached hydrogen (secondary N) is 2. The van der Waals surface area contributed by atoms with E-state index in [1.54, 1.807) is 26.0 Å². The first-order valence-corrected chi connectivity index (χ1v) is 12.3. The lowest BCUT2D eigenvalue weighted by molar-refractivity contribution is -0.161. The molecule has 38 heavy (non-hydrogen) atoms. The Morgan fingerprint density at radius 3 is 2.50 bits per heavy atom. The molecule has 0 saturated carbocycles. The van der Waals surface area contributed by atoms with E-state index >= 15 is 0 Å². The fourth-order valence-corrected chi connectivity index (χ4v) is 6.21. The van der Waals surface area contributed by atoms with Crippen molar-refractivity contribution in [1.82, 2.24) is 30.5 Å². The zero-order chi connectivity index (χ0) is 27.4. The van der Waals surface area contributed by atoms with Crippen LogP contribution in [-0.2, 0) is 14.4 Å². The topological polar surface area (TPSA) is 195 Å². The molecule has 3 aromatic rings. The number of carboxylic acids is 1. The van der Waals surface area contributed by atoms with E-state index in [0.29, 0.717) is 0 Å². The Balaban J connectivity index is 1.40. The maximum atomic E-state index is 13.4. The largest absolute Gasteiger partial charge is 0.508 e. The van der Waals surface area contributed by atoms with Gasteiger partial charge in [0.05, 0.1) is 0 Å². The molecule has 14 heteroatoms. The van der Waals surface area contributed by atoms with Crippen LogP contribution >= 0.6 is 11.8 Å². The molecule has 3 amide bonds. The van der Waals surface area contributed by atoms with Crippen molar-refractivity contribution >= 4 is 46.6 Å². The predicted octanol–water partition coefficient (Wildman–Crippen LogP) is 0.539. The Morgan fingerprint density at radius 2 is 1.82 bits per heavy atom. The Bertz CT molecular complexity index is 1480. The second kappa shape index (κ2) is 9.13. The minimum Gasteiger partial charge on any atom is -0.508 e. The minimum absolute atomic E-state index is 0.0705. The number of nitrogens with zero attached hydrogens (tertiary/aromatic N) is 4. The molecular formula is C24H22N6O7S. The van der Waals surface area contributed by atoms with Gasteiger partial charge in [0.1, 0.15) is 34.8 Å². The number of carbonyl (C=O) groups excluding carboxylic acids is 3. The summed E-state index contributed by atoms with van der Waals surface area (Å²) in [5, 5.41) is 34.1. The highest BCUT2D eigenvalue weighted by Gasteiger charge is 2.64. The number of aromatic hydroxyl groups is 2. The zero-order valence-electron chi connectivity index (χ0n) is 20.0. The summed E-state index contributed by atoms with van der Waals surface area (Å²) < 4.78 is -0.780. The van der Waals surface area contributed by atoms with Gasteiger partial charge in [0.25, 0.3) is 5.91 Å². The molecule has 13 nitrogen and oxygen atoms in total. The number of fused-ring (bicyclic) bond motifs is 2. The number of carbonyl (C=O) groups is 4. The maximum Gasteiger partial charge on any atom is 0.327 e. The molecular weight excluding hydrogens is 516 g/mol. The van der Waals surface area contributed by atoms with Crippen molar-refractivity contribution in [3.63, 3.8) is 0 Å². The molecule has 2 aliphatic rings. The van der Waals surface area contributed by atoms with Gasteiger partial charge in [0.15, 0.2) is 11.3 Å². The van der Waals surface area contributed by atoms with Gasteiger partial charge in [-0.15, -0.1) is 11.8 Å². The van der Waals surface area contributed by atoms with Crippen LogP contribution in [0.25, 0.3) is 11.2 Å². The zero-order valence-corrected chi connectivity index (χ0v) is 20.8. The quantitative estimate of drug-likeness (QED) is 0.275. The number of amides is 3. The summed E-state index contributed by atoms with van der Waals surface area (Å²) in [6.07, 6.45) is 1.45. The summed E-state index contributed by atoms with van der Waals surface area (Å²) in [7, 11) is 0. The Hall–Kier alpha value is -4.46. The lowest BCUT2D eigenvalue weighted by Crippen LogP contribution is -2.71. The van der Waals surface area contributed by atoms with Crippen molar-refractivity contribution in [2.24, 2.45) is 0 Å². The molecule has 2 fully saturated rings. The number of thioether (sulfide) groups is 1. The number of phenolic OH excluding ortho intramolecular Hbond substituents is 1. The van der Waals surface area contributed by atoms with Gasteiger partial charge in [-0.25, -0.2) is 14.8 Å². The smallest absolute Gasteiger partial charge is 0.327 e. The van der Waals surface area contributed by atoms with Crippen LogP contribution in [0.5, 0.6) is 11.6 Å². The molecule has 2 aliphatic heterocycles. The molecule has 4 atom stereocenters. The number of benzene rings is 1. The molecule has 5 rings (SSSR count). The van der Waals surface area contributed by atoms with E-state index in [2.05, 4.69) is 25.6 Å². The summed E-state index contributed by atoms with van der Waals surface area (Å²) in [4.78, 5) is 64.3. The van der Waals surface area contributed by atoms with E-state index in [0.717, 1.165) is 0 Å². The second-order valence-corrected chi connectivity index (χ2v) is 11.1. The van der Waals surface area contributed by atoms with Gasteiger partial charge in [-0.2, -0.15) is 4.98 Å². The highest BCUT2D eigenvalue weighted by atomic mass is 32.2. The van der Waals surface area contributed by atoms with E-state index in [-0.39, 0.29) is 22.5 Å². The van der Waals surface area contributed by atoms with Crippen molar-refractivity contribution < 1.29 is 34.5 Å². The van der Waals surface area contributed by atoms with Gasteiger partial charge >= 0.3 is 5.97 Å². The predicted molar refractivity (Wildman–Crippen MR) is 133 cm³/mol. The van der Waals surface area contributed by atoms with Crippen molar-refractivity contribution in [2.45, 2.75) is 42.1 Å². The lowest BCUT2D eigenvalue weighted by atomic mass is 9.95. The van der Waals surface area contributed by atoms with Gasteiger partial charge in [0, 0.05) is 10.9 Å². The number of hydrogen-bond acceptors (Lipinski definition) is 10. The Kier molecular flexibility index (Phi) is 6.06. The first kappa shape index (κ1) is 25.2. The molecule has 5 N–H and O–H groups in total. The van der Waals surface area contributed by atoms with Crippen molar-refractivity contribution in [1.29, 1.82) is 0 Å². The monoisotopic (exact) mass is 538 g/mol. The Morgan fingerprint density at radius 1 is 1.11 bits per heavy atom. The SMILES string of the molecule is CC1(C)S[C@@H]2[C@H](NC(=O)C(NC(=O)c3nc4cccnc4nc3O)c3ccc(O)cc3)C(=O)N2[C@H]1C(=O)O. The third-order valence-electron chi connectivity index (χ3n) is 6.37. The van der Waals surface area contributed by atoms with Crippen LogP contribution in [0, 0.1) is 0 Å². The van der Waals surface area contributed by atoms with Gasteiger partial charge in [0.2, 0.25) is 17.7 Å². The molecule has 2 aromatic heterocycles. The highest BCUT2D eigenvalue weighted by molar-refractivity contribution is 8.01. The van der Waals surface area contributed by atoms with Gasteiger partial charge in [-0.3, -0.25) is 14.4 Å². The second-order valence-electron chi connectivity index (χ2n) is 9.32. The summed E-state index contributed by atoms with van der Waals surface area (Å²) >= 11 is 1.26. The first-order chi connectivity index (χ1) is 18.0. The number of aliphatic carboxylic acids is 1. The standard InChI is InChI=1S/C24H22N6O7S/c1-24(2)16(23(36)37)30-21(35)15(22(30)38-24)28-18(32)13(10-5-7-11(31)8-6-10)27-19(33)14-20(34)29-17-12(26-14)4-3-9-25-17/h3-9,13,15-16,22,31H,1-2H3,(H,27,33)(H,28,32)(H,36,37)(H,25,29,34)/t13?,15-,16+,22-/m1/s1. The molecule has 0 bridgehead atoms. The molecule has 0 spiro atoms. The molecule has 196 valence electrons. The summed E-state index contributed by atoms with van der Waals surface area (Å²) in [6, 6.07) is 5.20. The normalized spacial score (nSPS) is 22.3. The molecule has 1 aromatic carbocycles. The number of carboxylic acid groups (broad SMARTS) is 1. The van der Waals surface area contributed by atoms with Crippen LogP contribution in [0.4, 0.5) is 0 Å². The van der Waals surface area contributed by atoms with Crippen LogP contribution in [0.1, 0.15) is 35.9 Å². The van der Waals surface area contributed by atoms with E-state index in [9.17, 15) is 34.5 Å². The molecule has 0 aliphatic carbocycles. The maximum absolute atomic E-state index is 13.4. The van der Waals surface area contributed by atoms with Crippen molar-refractivity contribution in [3.05, 3.63) is 53.9 Å². The third kappa shape index (κ3) is 4.22. The van der Waals surface area contributed by atoms with Gasteiger partial charge in [-0.05, 0) is 43.7 Å². The Labute approximate surface area is 219 Å². The number of aromatic nitrogens is 3. The number of β-lactam (4-membered cyclic amide) rings is 1. The van der Waals surface area contributed by atoms with Crippen LogP contribution in [0.3, 0.4) is 0 Å². The third-order valence-corrected chi connectivity index (χ3v) is 7.95. The van der Waals surface area contributed by atoms with Crippen molar-refractivity contribution in [3.8, 4) is 11.6 Å². The lowest BCUT2D eigenvalue weighted by Gasteiger charge is -2.44. The fourth-order valence-electron chi connectivity index (χ4n) is 4.59. The van der Waals surface area contributed by atoms with E-state index in [1.165, 1.54) is 47.1 Å². The van der Waals surface area contributed by atoms with E-state index < -0.39 is 63.5 Å². The van der Waals surface area contributed by atoms with Gasteiger partial charge < -0.3 is 30.9 Å². The number of hydrogen-bond donors (Lipinski definition) is 5. The number of phenols is 1. The number of pyridine rings is 1. The van der Waals surface area contributed by atoms with Crippen LogP contribution in [0.2, 0.25) is 0 Å². The highest BCUT2D eigenvalue weighted by Crippen LogP contribution is 2.50. The molecule has 2 saturated heterocycles. The van der Waals surface area contributed by atoms with Gasteiger partial charge in [-0.1, -0.05) is 12.1 Å². The van der Waals surface area contributed by atoms with Crippen LogP contribution in [-0.4, -0.2) is 81.1 Å². The molecule has 1 unspecified atom stereocenters.